The minimum absolute atomic E-state index is 0.474. The zero-order valence-electron chi connectivity index (χ0n) is 8.39. The van der Waals surface area contributed by atoms with Gasteiger partial charge in [-0.2, -0.15) is 8.78 Å². The molecule has 0 saturated carbocycles. The summed E-state index contributed by atoms with van der Waals surface area (Å²) in [6.45, 7) is -1.54. The van der Waals surface area contributed by atoms with Crippen molar-refractivity contribution in [1.29, 1.82) is 0 Å². The number of hydrogen-bond acceptors (Lipinski definition) is 1. The van der Waals surface area contributed by atoms with Crippen LogP contribution in [0.1, 0.15) is 10.4 Å². The summed E-state index contributed by atoms with van der Waals surface area (Å²) in [7, 11) is 0. The van der Waals surface area contributed by atoms with E-state index in [1.165, 1.54) is 12.1 Å². The second kappa shape index (κ2) is 5.11. The highest BCUT2D eigenvalue weighted by Crippen LogP contribution is 2.21. The molecule has 1 N–H and O–H groups in total. The smallest absolute Gasteiger partial charge is 0.324 e. The van der Waals surface area contributed by atoms with Crippen molar-refractivity contribution >= 4 is 5.91 Å². The van der Waals surface area contributed by atoms with E-state index in [9.17, 15) is 26.7 Å². The van der Waals surface area contributed by atoms with Crippen molar-refractivity contribution in [1.82, 2.24) is 5.32 Å². The lowest BCUT2D eigenvalue weighted by Crippen LogP contribution is -2.41. The van der Waals surface area contributed by atoms with Crippen LogP contribution < -0.4 is 5.32 Å². The van der Waals surface area contributed by atoms with Crippen LogP contribution in [-0.4, -0.2) is 24.8 Å². The number of benzene rings is 1. The molecule has 0 aliphatic carbocycles. The van der Waals surface area contributed by atoms with E-state index < -0.39 is 36.2 Å². The lowest BCUT2D eigenvalue weighted by molar-refractivity contribution is -0.123. The Morgan fingerprint density at radius 2 is 1.88 bits per heavy atom. The van der Waals surface area contributed by atoms with Crippen LogP contribution in [-0.2, 0) is 0 Å². The fraction of sp³-hybridized carbons (Fsp3) is 0.300. The number of carbonyl (C=O) groups is 1. The molecule has 0 aliphatic heterocycles. The summed E-state index contributed by atoms with van der Waals surface area (Å²) in [5, 5.41) is 1.55. The van der Waals surface area contributed by atoms with Gasteiger partial charge in [-0.05, 0) is 12.1 Å². The van der Waals surface area contributed by atoms with E-state index in [-0.39, 0.29) is 0 Å². The topological polar surface area (TPSA) is 29.1 Å². The molecular weight excluding hydrogens is 245 g/mol. The summed E-state index contributed by atoms with van der Waals surface area (Å²) in [5.41, 5.74) is -0.474. The zero-order valence-corrected chi connectivity index (χ0v) is 8.39. The largest absolute Gasteiger partial charge is 0.346 e. The maximum Gasteiger partial charge on any atom is 0.324 e. The summed E-state index contributed by atoms with van der Waals surface area (Å²) in [6, 6.07) is 4.65. The molecule has 0 fully saturated rings. The molecule has 94 valence electrons. The molecular formula is C10H8F5NO. The summed E-state index contributed by atoms with van der Waals surface area (Å²) in [4.78, 5) is 11.2. The van der Waals surface area contributed by atoms with Crippen LogP contribution >= 0.6 is 0 Å². The lowest BCUT2D eigenvalue weighted by Gasteiger charge is -2.15. The van der Waals surface area contributed by atoms with Crippen molar-refractivity contribution in [3.63, 3.8) is 0 Å². The fourth-order valence-corrected chi connectivity index (χ4v) is 1.02. The molecule has 1 aromatic rings. The van der Waals surface area contributed by atoms with Gasteiger partial charge in [0.2, 0.25) is 0 Å². The van der Waals surface area contributed by atoms with Crippen molar-refractivity contribution in [2.45, 2.75) is 12.3 Å². The van der Waals surface area contributed by atoms with Crippen LogP contribution in [0.25, 0.3) is 0 Å². The second-order valence-electron chi connectivity index (χ2n) is 3.22. The van der Waals surface area contributed by atoms with Gasteiger partial charge in [0.05, 0.1) is 12.1 Å². The van der Waals surface area contributed by atoms with Gasteiger partial charge in [0.15, 0.2) is 0 Å². The van der Waals surface area contributed by atoms with Gasteiger partial charge in [0.25, 0.3) is 5.91 Å². The molecule has 0 unspecified atom stereocenters. The molecule has 0 aromatic heterocycles. The van der Waals surface area contributed by atoms with Gasteiger partial charge in [-0.3, -0.25) is 4.79 Å². The third kappa shape index (κ3) is 3.40. The number of nitrogens with one attached hydrogen (secondary N) is 1. The highest BCUT2D eigenvalue weighted by Gasteiger charge is 2.40. The quantitative estimate of drug-likeness (QED) is 0.820. The van der Waals surface area contributed by atoms with Gasteiger partial charge < -0.3 is 5.32 Å². The van der Waals surface area contributed by atoms with E-state index in [0.717, 1.165) is 12.1 Å². The fourth-order valence-electron chi connectivity index (χ4n) is 1.02. The molecule has 0 atom stereocenters. The van der Waals surface area contributed by atoms with Gasteiger partial charge in [0, 0.05) is 0 Å². The lowest BCUT2D eigenvalue weighted by atomic mass is 10.2. The van der Waals surface area contributed by atoms with Crippen LogP contribution in [0.15, 0.2) is 24.3 Å². The maximum atomic E-state index is 13.0. The number of rotatable bonds is 4. The molecule has 7 heteroatoms. The van der Waals surface area contributed by atoms with Crippen LogP contribution in [0.2, 0.25) is 0 Å². The number of alkyl halides is 4. The SMILES string of the molecule is O=C(NCC(F)(F)C(F)F)c1ccccc1F. The third-order valence-electron chi connectivity index (χ3n) is 1.92. The van der Waals surface area contributed by atoms with Crippen molar-refractivity contribution in [2.24, 2.45) is 0 Å². The van der Waals surface area contributed by atoms with Gasteiger partial charge in [-0.25, -0.2) is 13.2 Å². The Hall–Kier alpha value is -1.66. The zero-order chi connectivity index (χ0) is 13.1. The first-order valence-electron chi connectivity index (χ1n) is 4.53. The Labute approximate surface area is 93.4 Å². The van der Waals surface area contributed by atoms with E-state index in [4.69, 9.17) is 0 Å². The average Bonchev–Trinajstić information content (AvgIpc) is 2.26. The monoisotopic (exact) mass is 253 g/mol. The van der Waals surface area contributed by atoms with E-state index >= 15 is 0 Å². The van der Waals surface area contributed by atoms with Gasteiger partial charge in [-0.15, -0.1) is 0 Å². The maximum absolute atomic E-state index is 13.0. The normalized spacial score (nSPS) is 11.6. The van der Waals surface area contributed by atoms with Crippen LogP contribution in [0, 0.1) is 5.82 Å². The summed E-state index contributed by atoms with van der Waals surface area (Å²) in [6.07, 6.45) is -3.89. The standard InChI is InChI=1S/C10H8F5NO/c11-7-4-2-1-3-6(7)8(17)16-5-10(14,15)9(12)13/h1-4,9H,5H2,(H,16,17). The number of carbonyl (C=O) groups excluding carboxylic acids is 1. The molecule has 1 aromatic carbocycles. The van der Waals surface area contributed by atoms with E-state index in [1.807, 2.05) is 0 Å². The summed E-state index contributed by atoms with van der Waals surface area (Å²) in [5.74, 6) is -6.41. The average molecular weight is 253 g/mol. The Kier molecular flexibility index (Phi) is 4.03. The molecule has 0 heterocycles. The third-order valence-corrected chi connectivity index (χ3v) is 1.92. The van der Waals surface area contributed by atoms with Gasteiger partial charge in [0.1, 0.15) is 5.82 Å². The van der Waals surface area contributed by atoms with Crippen LogP contribution in [0.4, 0.5) is 22.0 Å². The van der Waals surface area contributed by atoms with Crippen molar-refractivity contribution in [3.8, 4) is 0 Å². The number of halogens is 5. The predicted molar refractivity (Wildman–Crippen MR) is 49.7 cm³/mol. The molecule has 2 nitrogen and oxygen atoms in total. The Balaban J connectivity index is 2.66. The molecule has 0 radical (unpaired) electrons. The Morgan fingerprint density at radius 1 is 1.29 bits per heavy atom. The molecule has 0 bridgehead atoms. The van der Waals surface area contributed by atoms with E-state index in [1.54, 1.807) is 5.32 Å². The molecule has 1 rings (SSSR count). The first-order chi connectivity index (χ1) is 7.84. The Bertz CT molecular complexity index is 407. The first-order valence-corrected chi connectivity index (χ1v) is 4.53. The van der Waals surface area contributed by atoms with Crippen molar-refractivity contribution in [2.75, 3.05) is 6.54 Å². The second-order valence-corrected chi connectivity index (χ2v) is 3.22. The van der Waals surface area contributed by atoms with E-state index in [0.29, 0.717) is 0 Å². The number of hydrogen-bond donors (Lipinski definition) is 1. The highest BCUT2D eigenvalue weighted by molar-refractivity contribution is 5.94. The van der Waals surface area contributed by atoms with Crippen molar-refractivity contribution in [3.05, 3.63) is 35.6 Å². The minimum Gasteiger partial charge on any atom is -0.346 e. The highest BCUT2D eigenvalue weighted by atomic mass is 19.3. The van der Waals surface area contributed by atoms with Crippen molar-refractivity contribution < 1.29 is 26.7 Å². The predicted octanol–water partition coefficient (Wildman–Crippen LogP) is 2.46. The van der Waals surface area contributed by atoms with Gasteiger partial charge >= 0.3 is 12.3 Å². The molecule has 1 amide bonds. The van der Waals surface area contributed by atoms with Gasteiger partial charge in [-0.1, -0.05) is 12.1 Å². The molecule has 0 spiro atoms. The molecule has 0 aliphatic rings. The van der Waals surface area contributed by atoms with E-state index in [2.05, 4.69) is 0 Å². The summed E-state index contributed by atoms with van der Waals surface area (Å²) < 4.78 is 61.5. The molecule has 0 saturated heterocycles. The number of amides is 1. The minimum atomic E-state index is -4.33. The van der Waals surface area contributed by atoms with Crippen LogP contribution in [0.5, 0.6) is 0 Å². The van der Waals surface area contributed by atoms with Crippen LogP contribution in [0.3, 0.4) is 0 Å². The summed E-state index contributed by atoms with van der Waals surface area (Å²) >= 11 is 0. The molecule has 17 heavy (non-hydrogen) atoms. The first kappa shape index (κ1) is 13.4. The Morgan fingerprint density at radius 3 is 2.41 bits per heavy atom.